The van der Waals surface area contributed by atoms with Crippen LogP contribution in [0, 0.1) is 0 Å². The second kappa shape index (κ2) is 13.2. The van der Waals surface area contributed by atoms with Crippen LogP contribution in [0.15, 0.2) is 217 Å². The van der Waals surface area contributed by atoms with Crippen LogP contribution in [0.2, 0.25) is 0 Å². The van der Waals surface area contributed by atoms with Gasteiger partial charge in [0.1, 0.15) is 11.2 Å². The molecule has 0 aliphatic heterocycles. The summed E-state index contributed by atoms with van der Waals surface area (Å²) in [5.41, 5.74) is 12.2. The highest BCUT2D eigenvalue weighted by atomic mass is 16.3. The van der Waals surface area contributed by atoms with Crippen LogP contribution in [-0.2, 0) is 0 Å². The normalized spacial score (nSPS) is 11.6. The van der Waals surface area contributed by atoms with E-state index >= 15 is 0 Å². The summed E-state index contributed by atoms with van der Waals surface area (Å²) >= 11 is 0. The molecule has 262 valence electrons. The highest BCUT2D eigenvalue weighted by Crippen LogP contribution is 2.45. The van der Waals surface area contributed by atoms with Crippen LogP contribution in [0.1, 0.15) is 0 Å². The van der Waals surface area contributed by atoms with Gasteiger partial charge in [-0.2, -0.15) is 0 Å². The Morgan fingerprint density at radius 1 is 0.286 bits per heavy atom. The number of anilines is 3. The third-order valence-corrected chi connectivity index (χ3v) is 11.2. The fraction of sp³-hybridized carbons (Fsp3) is 0. The van der Waals surface area contributed by atoms with Gasteiger partial charge >= 0.3 is 0 Å². The number of para-hydroxylation sites is 2. The number of hydrogen-bond acceptors (Lipinski definition) is 2. The number of fused-ring (bicyclic) bond motifs is 10. The monoisotopic (exact) mass is 713 g/mol. The van der Waals surface area contributed by atoms with Crippen molar-refractivity contribution in [3.05, 3.63) is 212 Å². The van der Waals surface area contributed by atoms with Crippen molar-refractivity contribution < 1.29 is 4.42 Å². The molecule has 11 aromatic rings. The highest BCUT2D eigenvalue weighted by molar-refractivity contribution is 6.34. The zero-order valence-corrected chi connectivity index (χ0v) is 30.6. The van der Waals surface area contributed by atoms with E-state index in [2.05, 4.69) is 211 Å². The number of hydrogen-bond donors (Lipinski definition) is 0. The maximum Gasteiger partial charge on any atom is 0.136 e. The Kier molecular flexibility index (Phi) is 7.53. The van der Waals surface area contributed by atoms with E-state index in [0.29, 0.717) is 0 Å². The molecule has 0 N–H and O–H groups in total. The fourth-order valence-corrected chi connectivity index (χ4v) is 8.65. The van der Waals surface area contributed by atoms with Gasteiger partial charge in [0.05, 0.1) is 5.69 Å². The summed E-state index contributed by atoms with van der Waals surface area (Å²) in [6.07, 6.45) is 0. The van der Waals surface area contributed by atoms with Gasteiger partial charge in [0.15, 0.2) is 0 Å². The van der Waals surface area contributed by atoms with Crippen LogP contribution < -0.4 is 4.90 Å². The Balaban J connectivity index is 1.11. The Morgan fingerprint density at radius 3 is 1.68 bits per heavy atom. The highest BCUT2D eigenvalue weighted by Gasteiger charge is 2.19. The molecule has 0 unspecified atom stereocenters. The smallest absolute Gasteiger partial charge is 0.136 e. The maximum absolute atomic E-state index is 6.38. The molecule has 0 fully saturated rings. The first-order valence-electron chi connectivity index (χ1n) is 19.2. The van der Waals surface area contributed by atoms with Crippen LogP contribution in [0.3, 0.4) is 0 Å². The average Bonchev–Trinajstić information content (AvgIpc) is 3.66. The van der Waals surface area contributed by atoms with Crippen LogP contribution in [0.25, 0.3) is 87.6 Å². The van der Waals surface area contributed by atoms with E-state index < -0.39 is 0 Å². The molecule has 0 atom stereocenters. The molecule has 0 amide bonds. The summed E-state index contributed by atoms with van der Waals surface area (Å²) in [6.45, 7) is 0. The molecule has 0 saturated carbocycles. The van der Waals surface area contributed by atoms with Crippen molar-refractivity contribution >= 4 is 71.3 Å². The standard InChI is InChI=1S/C54H35NO/c1-3-14-36(15-4-1)37-26-29-41(30-27-37)55(50-24-11-9-20-43(50)38-16-5-2-6-17-38)42-19-13-18-39(34-42)40-28-31-45-44-21-7-8-22-46(44)53-47(49(45)35-40)32-33-52-54(53)48-23-10-12-25-51(48)56-52/h1-35H. The van der Waals surface area contributed by atoms with Gasteiger partial charge in [0, 0.05) is 33.1 Å². The first-order valence-corrected chi connectivity index (χ1v) is 19.2. The van der Waals surface area contributed by atoms with Crippen molar-refractivity contribution in [2.24, 2.45) is 0 Å². The van der Waals surface area contributed by atoms with Crippen molar-refractivity contribution in [1.82, 2.24) is 0 Å². The lowest BCUT2D eigenvalue weighted by Crippen LogP contribution is -2.11. The topological polar surface area (TPSA) is 16.4 Å². The van der Waals surface area contributed by atoms with Crippen molar-refractivity contribution in [2.45, 2.75) is 0 Å². The Morgan fingerprint density at radius 2 is 0.857 bits per heavy atom. The number of rotatable bonds is 6. The SMILES string of the molecule is c1ccc(-c2ccc(N(c3cccc(-c4ccc5c6ccccc6c6c(ccc7oc8ccccc8c76)c5c4)c3)c3ccccc3-c3ccccc3)cc2)cc1. The first kappa shape index (κ1) is 32.0. The summed E-state index contributed by atoms with van der Waals surface area (Å²) < 4.78 is 6.38. The van der Waals surface area contributed by atoms with Gasteiger partial charge in [-0.05, 0) is 109 Å². The molecule has 1 heterocycles. The summed E-state index contributed by atoms with van der Waals surface area (Å²) in [5, 5.41) is 9.76. The van der Waals surface area contributed by atoms with Gasteiger partial charge in [-0.15, -0.1) is 0 Å². The van der Waals surface area contributed by atoms with Gasteiger partial charge < -0.3 is 9.32 Å². The molecular weight excluding hydrogens is 679 g/mol. The lowest BCUT2D eigenvalue weighted by atomic mass is 9.90. The van der Waals surface area contributed by atoms with Crippen molar-refractivity contribution in [3.8, 4) is 33.4 Å². The molecule has 0 bridgehead atoms. The molecule has 0 aliphatic carbocycles. The quantitative estimate of drug-likeness (QED) is 0.160. The summed E-state index contributed by atoms with van der Waals surface area (Å²) in [4.78, 5) is 2.39. The van der Waals surface area contributed by atoms with E-state index in [4.69, 9.17) is 4.42 Å². The Labute approximate surface area is 325 Å². The molecule has 1 aromatic heterocycles. The van der Waals surface area contributed by atoms with Gasteiger partial charge in [0.2, 0.25) is 0 Å². The lowest BCUT2D eigenvalue weighted by molar-refractivity contribution is 0.669. The molecule has 0 radical (unpaired) electrons. The maximum atomic E-state index is 6.38. The minimum Gasteiger partial charge on any atom is -0.456 e. The number of benzene rings is 10. The fourth-order valence-electron chi connectivity index (χ4n) is 8.65. The summed E-state index contributed by atoms with van der Waals surface area (Å²) in [6, 6.07) is 76.4. The van der Waals surface area contributed by atoms with E-state index in [1.54, 1.807) is 0 Å². The average molecular weight is 714 g/mol. The van der Waals surface area contributed by atoms with E-state index in [1.165, 1.54) is 65.5 Å². The Hall–Kier alpha value is -7.42. The van der Waals surface area contributed by atoms with Crippen LogP contribution in [-0.4, -0.2) is 0 Å². The molecule has 0 spiro atoms. The molecule has 56 heavy (non-hydrogen) atoms. The molecule has 11 rings (SSSR count). The molecule has 2 nitrogen and oxygen atoms in total. The molecule has 10 aromatic carbocycles. The van der Waals surface area contributed by atoms with Gasteiger partial charge in [-0.1, -0.05) is 158 Å². The molecule has 0 saturated heterocycles. The van der Waals surface area contributed by atoms with Gasteiger partial charge in [-0.25, -0.2) is 0 Å². The third kappa shape index (κ3) is 5.26. The van der Waals surface area contributed by atoms with Crippen molar-refractivity contribution in [2.75, 3.05) is 4.90 Å². The minimum absolute atomic E-state index is 0.915. The third-order valence-electron chi connectivity index (χ3n) is 11.2. The number of nitrogens with zero attached hydrogens (tertiary/aromatic N) is 1. The van der Waals surface area contributed by atoms with E-state index in [0.717, 1.165) is 39.2 Å². The first-order chi connectivity index (χ1) is 27.8. The predicted molar refractivity (Wildman–Crippen MR) is 237 cm³/mol. The second-order valence-electron chi connectivity index (χ2n) is 14.4. The van der Waals surface area contributed by atoms with E-state index in [1.807, 2.05) is 6.07 Å². The zero-order chi connectivity index (χ0) is 37.0. The summed E-state index contributed by atoms with van der Waals surface area (Å²) in [5.74, 6) is 0. The van der Waals surface area contributed by atoms with Crippen LogP contribution in [0.4, 0.5) is 17.1 Å². The van der Waals surface area contributed by atoms with Crippen LogP contribution >= 0.6 is 0 Å². The largest absolute Gasteiger partial charge is 0.456 e. The second-order valence-corrected chi connectivity index (χ2v) is 14.4. The molecule has 0 aliphatic rings. The van der Waals surface area contributed by atoms with Gasteiger partial charge in [-0.3, -0.25) is 0 Å². The zero-order valence-electron chi connectivity index (χ0n) is 30.6. The van der Waals surface area contributed by atoms with Crippen molar-refractivity contribution in [1.29, 1.82) is 0 Å². The van der Waals surface area contributed by atoms with Gasteiger partial charge in [0.25, 0.3) is 0 Å². The summed E-state index contributed by atoms with van der Waals surface area (Å²) in [7, 11) is 0. The molecular formula is C54H35NO. The van der Waals surface area contributed by atoms with Crippen LogP contribution in [0.5, 0.6) is 0 Å². The van der Waals surface area contributed by atoms with E-state index in [-0.39, 0.29) is 0 Å². The Bertz CT molecular complexity index is 3230. The number of furan rings is 1. The van der Waals surface area contributed by atoms with E-state index in [9.17, 15) is 0 Å². The lowest BCUT2D eigenvalue weighted by Gasteiger charge is -2.28. The minimum atomic E-state index is 0.915. The molecule has 2 heteroatoms. The van der Waals surface area contributed by atoms with Crippen molar-refractivity contribution in [3.63, 3.8) is 0 Å². The predicted octanol–water partition coefficient (Wildman–Crippen LogP) is 15.5.